The van der Waals surface area contributed by atoms with Crippen LogP contribution >= 0.6 is 11.3 Å². The highest BCUT2D eigenvalue weighted by Crippen LogP contribution is 2.24. The number of methoxy groups -OCH3 is 1. The molecule has 0 aliphatic carbocycles. The molecule has 1 aliphatic rings. The second-order valence-electron chi connectivity index (χ2n) is 5.28. The summed E-state index contributed by atoms with van der Waals surface area (Å²) in [6.45, 7) is 5.64. The summed E-state index contributed by atoms with van der Waals surface area (Å²) in [7, 11) is 1.73. The van der Waals surface area contributed by atoms with Gasteiger partial charge in [0.1, 0.15) is 0 Å². The molecular weight excluding hydrogens is 272 g/mol. The van der Waals surface area contributed by atoms with E-state index in [-0.39, 0.29) is 0 Å². The maximum Gasteiger partial charge on any atom is 0.0958 e. The molecule has 1 aromatic heterocycles. The van der Waals surface area contributed by atoms with Crippen molar-refractivity contribution < 1.29 is 9.47 Å². The van der Waals surface area contributed by atoms with E-state index in [0.29, 0.717) is 12.7 Å². The molecule has 114 valence electrons. The minimum atomic E-state index is 0.363. The van der Waals surface area contributed by atoms with Crippen LogP contribution in [0.1, 0.15) is 48.2 Å². The topological polar surface area (TPSA) is 43.4 Å². The van der Waals surface area contributed by atoms with Gasteiger partial charge in [-0.2, -0.15) is 0 Å². The molecule has 1 aromatic rings. The number of rotatable bonds is 8. The molecule has 1 saturated heterocycles. The molecule has 20 heavy (non-hydrogen) atoms. The fourth-order valence-corrected chi connectivity index (χ4v) is 3.56. The summed E-state index contributed by atoms with van der Waals surface area (Å²) in [4.78, 5) is 6.06. The van der Waals surface area contributed by atoms with Gasteiger partial charge in [-0.1, -0.05) is 6.92 Å². The van der Waals surface area contributed by atoms with Crippen molar-refractivity contribution in [2.75, 3.05) is 20.3 Å². The standard InChI is InChI=1S/C15H26N2O2S/c1-3-7-16-10-14-13(11-18-2)17-15(20-14)9-12-6-4-5-8-19-12/h12,16H,3-11H2,1-2H3. The van der Waals surface area contributed by atoms with Crippen LogP contribution in [0.15, 0.2) is 0 Å². The number of thiazole rings is 1. The van der Waals surface area contributed by atoms with E-state index in [9.17, 15) is 0 Å². The number of ether oxygens (including phenoxy) is 2. The first-order valence-electron chi connectivity index (χ1n) is 7.62. The highest BCUT2D eigenvalue weighted by Gasteiger charge is 2.18. The maximum atomic E-state index is 5.81. The number of nitrogens with one attached hydrogen (secondary N) is 1. The average Bonchev–Trinajstić information content (AvgIpc) is 2.83. The van der Waals surface area contributed by atoms with Crippen LogP contribution in [0.5, 0.6) is 0 Å². The van der Waals surface area contributed by atoms with E-state index in [1.54, 1.807) is 7.11 Å². The molecule has 1 atom stereocenters. The van der Waals surface area contributed by atoms with Crippen LogP contribution in [0.2, 0.25) is 0 Å². The quantitative estimate of drug-likeness (QED) is 0.750. The van der Waals surface area contributed by atoms with E-state index in [1.807, 2.05) is 11.3 Å². The molecule has 2 heterocycles. The van der Waals surface area contributed by atoms with Crippen LogP contribution in [0.25, 0.3) is 0 Å². The van der Waals surface area contributed by atoms with Crippen molar-refractivity contribution >= 4 is 11.3 Å². The molecule has 0 spiro atoms. The summed E-state index contributed by atoms with van der Waals surface area (Å²) in [5.74, 6) is 0. The molecule has 0 amide bonds. The number of hydrogen-bond donors (Lipinski definition) is 1. The molecule has 1 unspecified atom stereocenters. The Morgan fingerprint density at radius 1 is 1.45 bits per heavy atom. The molecule has 0 bridgehead atoms. The smallest absolute Gasteiger partial charge is 0.0958 e. The molecule has 5 heteroatoms. The van der Waals surface area contributed by atoms with E-state index >= 15 is 0 Å². The van der Waals surface area contributed by atoms with E-state index in [4.69, 9.17) is 14.5 Å². The normalized spacial score (nSPS) is 19.4. The van der Waals surface area contributed by atoms with Crippen molar-refractivity contribution in [2.45, 2.75) is 58.3 Å². The third kappa shape index (κ3) is 4.81. The van der Waals surface area contributed by atoms with Gasteiger partial charge in [0.2, 0.25) is 0 Å². The number of nitrogens with zero attached hydrogens (tertiary/aromatic N) is 1. The molecule has 1 N–H and O–H groups in total. The third-order valence-corrected chi connectivity index (χ3v) is 4.61. The van der Waals surface area contributed by atoms with Crippen molar-refractivity contribution in [1.29, 1.82) is 0 Å². The zero-order valence-corrected chi connectivity index (χ0v) is 13.4. The van der Waals surface area contributed by atoms with Gasteiger partial charge in [-0.3, -0.25) is 0 Å². The van der Waals surface area contributed by atoms with Gasteiger partial charge in [0, 0.05) is 31.6 Å². The van der Waals surface area contributed by atoms with Crippen molar-refractivity contribution in [3.63, 3.8) is 0 Å². The predicted molar refractivity (Wildman–Crippen MR) is 82.1 cm³/mol. The third-order valence-electron chi connectivity index (χ3n) is 3.49. The lowest BCUT2D eigenvalue weighted by atomic mass is 10.1. The van der Waals surface area contributed by atoms with Crippen molar-refractivity contribution in [3.8, 4) is 0 Å². The lowest BCUT2D eigenvalue weighted by molar-refractivity contribution is 0.0167. The Morgan fingerprint density at radius 2 is 2.35 bits per heavy atom. The first-order chi connectivity index (χ1) is 9.83. The zero-order valence-electron chi connectivity index (χ0n) is 12.6. The molecule has 0 aromatic carbocycles. The average molecular weight is 298 g/mol. The number of hydrogen-bond acceptors (Lipinski definition) is 5. The van der Waals surface area contributed by atoms with Gasteiger partial charge in [-0.15, -0.1) is 11.3 Å². The van der Waals surface area contributed by atoms with Crippen molar-refractivity contribution in [2.24, 2.45) is 0 Å². The van der Waals surface area contributed by atoms with Crippen LogP contribution in [-0.4, -0.2) is 31.3 Å². The van der Waals surface area contributed by atoms with Gasteiger partial charge < -0.3 is 14.8 Å². The second kappa shape index (κ2) is 8.72. The van der Waals surface area contributed by atoms with Gasteiger partial charge in [0.25, 0.3) is 0 Å². The summed E-state index contributed by atoms with van der Waals surface area (Å²) in [5.41, 5.74) is 1.09. The lowest BCUT2D eigenvalue weighted by Gasteiger charge is -2.21. The molecule has 2 rings (SSSR count). The monoisotopic (exact) mass is 298 g/mol. The van der Waals surface area contributed by atoms with Crippen LogP contribution in [0.3, 0.4) is 0 Å². The largest absolute Gasteiger partial charge is 0.378 e. The minimum Gasteiger partial charge on any atom is -0.378 e. The van der Waals surface area contributed by atoms with E-state index in [0.717, 1.165) is 38.2 Å². The first-order valence-corrected chi connectivity index (χ1v) is 8.43. The van der Waals surface area contributed by atoms with E-state index in [1.165, 1.54) is 29.1 Å². The molecule has 1 fully saturated rings. The maximum absolute atomic E-state index is 5.81. The molecule has 0 saturated carbocycles. The Bertz CT molecular complexity index is 389. The summed E-state index contributed by atoms with van der Waals surface area (Å²) >= 11 is 1.81. The SMILES string of the molecule is CCCNCc1sc(CC2CCCCO2)nc1COC. The Hall–Kier alpha value is -0.490. The predicted octanol–water partition coefficient (Wildman–Crippen LogP) is 2.90. The first kappa shape index (κ1) is 15.9. The second-order valence-corrected chi connectivity index (χ2v) is 6.45. The van der Waals surface area contributed by atoms with Gasteiger partial charge in [-0.25, -0.2) is 4.98 Å². The molecule has 4 nitrogen and oxygen atoms in total. The fourth-order valence-electron chi connectivity index (χ4n) is 2.45. The Kier molecular flexibility index (Phi) is 6.93. The van der Waals surface area contributed by atoms with Crippen molar-refractivity contribution in [3.05, 3.63) is 15.6 Å². The Morgan fingerprint density at radius 3 is 3.05 bits per heavy atom. The fraction of sp³-hybridized carbons (Fsp3) is 0.800. The lowest BCUT2D eigenvalue weighted by Crippen LogP contribution is -2.21. The molecule has 0 radical (unpaired) electrons. The Balaban J connectivity index is 1.95. The molecular formula is C15H26N2O2S. The summed E-state index contributed by atoms with van der Waals surface area (Å²) in [6.07, 6.45) is 6.13. The minimum absolute atomic E-state index is 0.363. The summed E-state index contributed by atoms with van der Waals surface area (Å²) < 4.78 is 11.1. The number of aromatic nitrogens is 1. The molecule has 1 aliphatic heterocycles. The van der Waals surface area contributed by atoms with E-state index < -0.39 is 0 Å². The van der Waals surface area contributed by atoms with Gasteiger partial charge in [0.05, 0.1) is 23.4 Å². The highest BCUT2D eigenvalue weighted by atomic mass is 32.1. The highest BCUT2D eigenvalue weighted by molar-refractivity contribution is 7.11. The zero-order chi connectivity index (χ0) is 14.2. The van der Waals surface area contributed by atoms with Crippen LogP contribution in [0, 0.1) is 0 Å². The van der Waals surface area contributed by atoms with Crippen LogP contribution < -0.4 is 5.32 Å². The van der Waals surface area contributed by atoms with Gasteiger partial charge in [-0.05, 0) is 32.2 Å². The van der Waals surface area contributed by atoms with Crippen LogP contribution in [-0.2, 0) is 29.0 Å². The van der Waals surface area contributed by atoms with Gasteiger partial charge >= 0.3 is 0 Å². The van der Waals surface area contributed by atoms with Gasteiger partial charge in [0.15, 0.2) is 0 Å². The summed E-state index contributed by atoms with van der Waals surface area (Å²) in [6, 6.07) is 0. The Labute approximate surface area is 125 Å². The van der Waals surface area contributed by atoms with Crippen molar-refractivity contribution in [1.82, 2.24) is 10.3 Å². The van der Waals surface area contributed by atoms with E-state index in [2.05, 4.69) is 12.2 Å². The van der Waals surface area contributed by atoms with Crippen LogP contribution in [0.4, 0.5) is 0 Å². The summed E-state index contributed by atoms with van der Waals surface area (Å²) in [5, 5.41) is 4.64.